The second kappa shape index (κ2) is 4.88. The molecule has 2 rings (SSSR count). The van der Waals surface area contributed by atoms with Crippen LogP contribution in [0.4, 0.5) is 4.39 Å². The van der Waals surface area contributed by atoms with E-state index < -0.39 is 8.96 Å². The fourth-order valence-corrected chi connectivity index (χ4v) is 5.98. The van der Waals surface area contributed by atoms with Gasteiger partial charge in [-0.3, -0.25) is 0 Å². The minimum Gasteiger partial charge on any atom is -0.371 e. The molecule has 0 aliphatic rings. The third kappa shape index (κ3) is 2.12. The third-order valence-corrected chi connectivity index (χ3v) is 6.77. The molecule has 0 unspecified atom stereocenters. The normalized spacial score (nSPS) is 12.3. The van der Waals surface area contributed by atoms with Gasteiger partial charge in [-0.2, -0.15) is 0 Å². The van der Waals surface area contributed by atoms with Gasteiger partial charge in [0.05, 0.1) is 5.52 Å². The van der Waals surface area contributed by atoms with Crippen LogP contribution in [-0.4, -0.2) is 13.2 Å². The highest BCUT2D eigenvalue weighted by molar-refractivity contribution is 6.61. The first-order valence-electron chi connectivity index (χ1n) is 6.56. The fourth-order valence-electron chi connectivity index (χ4n) is 2.80. The molecule has 0 atom stereocenters. The molecule has 0 spiro atoms. The zero-order valence-corrected chi connectivity index (χ0v) is 12.8. The lowest BCUT2D eigenvalue weighted by Gasteiger charge is -2.25. The fraction of sp³-hybridized carbons (Fsp3) is 0.467. The first kappa shape index (κ1) is 13.3. The maximum absolute atomic E-state index is 14.1. The highest BCUT2D eigenvalue weighted by Gasteiger charge is 2.25. The van der Waals surface area contributed by atoms with E-state index >= 15 is 0 Å². The van der Waals surface area contributed by atoms with Crippen LogP contribution < -0.4 is 0 Å². The average Bonchev–Trinajstić information content (AvgIpc) is 2.68. The molecule has 0 saturated heterocycles. The van der Waals surface area contributed by atoms with Gasteiger partial charge in [-0.15, -0.1) is 0 Å². The van der Waals surface area contributed by atoms with Crippen molar-refractivity contribution in [3.05, 3.63) is 35.8 Å². The van der Waals surface area contributed by atoms with Crippen LogP contribution in [0.25, 0.3) is 10.9 Å². The summed E-state index contributed by atoms with van der Waals surface area (Å²) in [7, 11) is -0.800. The number of aromatic nitrogens is 1. The second-order valence-corrected chi connectivity index (χ2v) is 9.19. The summed E-state index contributed by atoms with van der Waals surface area (Å²) in [5, 5.41) is 1.05. The van der Waals surface area contributed by atoms with Crippen molar-refractivity contribution >= 4 is 19.9 Å². The molecule has 2 aromatic rings. The Morgan fingerprint density at radius 2 is 1.67 bits per heavy atom. The maximum atomic E-state index is 14.1. The highest BCUT2D eigenvalue weighted by Crippen LogP contribution is 2.29. The van der Waals surface area contributed by atoms with Crippen LogP contribution >= 0.6 is 0 Å². The quantitative estimate of drug-likeness (QED) is 0.704. The van der Waals surface area contributed by atoms with Crippen LogP contribution in [0, 0.1) is 12.7 Å². The molecule has 1 nitrogen and oxygen atoms in total. The number of fused-ring (bicyclic) bond motifs is 1. The van der Waals surface area contributed by atoms with E-state index in [1.807, 2.05) is 13.0 Å². The molecule has 1 heterocycles. The Bertz CT molecular complexity index is 549. The zero-order valence-electron chi connectivity index (χ0n) is 11.8. The molecule has 0 saturated carbocycles. The Kier molecular flexibility index (Phi) is 3.62. The topological polar surface area (TPSA) is 4.93 Å². The Morgan fingerprint density at radius 1 is 1.06 bits per heavy atom. The van der Waals surface area contributed by atoms with Crippen molar-refractivity contribution in [1.82, 2.24) is 4.23 Å². The van der Waals surface area contributed by atoms with Crippen molar-refractivity contribution in [2.45, 2.75) is 45.7 Å². The van der Waals surface area contributed by atoms with E-state index in [0.29, 0.717) is 11.1 Å². The lowest BCUT2D eigenvalue weighted by Crippen LogP contribution is -2.30. The molecule has 0 aliphatic heterocycles. The maximum Gasteiger partial charge on any atom is 0.180 e. The smallest absolute Gasteiger partial charge is 0.180 e. The van der Waals surface area contributed by atoms with Crippen LogP contribution in [0.1, 0.15) is 33.3 Å². The van der Waals surface area contributed by atoms with Gasteiger partial charge >= 0.3 is 0 Å². The van der Waals surface area contributed by atoms with Crippen LogP contribution in [0.15, 0.2) is 24.4 Å². The molecule has 1 aromatic heterocycles. The summed E-state index contributed by atoms with van der Waals surface area (Å²) in [5.41, 5.74) is 3.13. The lowest BCUT2D eigenvalue weighted by molar-refractivity contribution is 0.635. The Balaban J connectivity index is 2.68. The van der Waals surface area contributed by atoms with E-state index in [4.69, 9.17) is 0 Å². The predicted octanol–water partition coefficient (Wildman–Crippen LogP) is 4.75. The molecular formula is C15H21FNSi. The van der Waals surface area contributed by atoms with Crippen LogP contribution in [0.3, 0.4) is 0 Å². The van der Waals surface area contributed by atoms with Crippen molar-refractivity contribution in [2.75, 3.05) is 0 Å². The van der Waals surface area contributed by atoms with Gasteiger partial charge in [0.25, 0.3) is 0 Å². The molecule has 1 aromatic carbocycles. The Hall–Kier alpha value is -1.09. The SMILES string of the molecule is Cc1ccc(F)c2c1ccn2[Si](C(C)C)C(C)C. The average molecular weight is 262 g/mol. The molecule has 0 bridgehead atoms. The Labute approximate surface area is 110 Å². The van der Waals surface area contributed by atoms with Crippen LogP contribution in [-0.2, 0) is 0 Å². The minimum atomic E-state index is -0.800. The number of rotatable bonds is 3. The number of benzene rings is 1. The van der Waals surface area contributed by atoms with Gasteiger partial charge in [0.15, 0.2) is 8.96 Å². The molecular weight excluding hydrogens is 241 g/mol. The van der Waals surface area contributed by atoms with Gasteiger partial charge in [-0.05, 0) is 41.9 Å². The lowest BCUT2D eigenvalue weighted by atomic mass is 10.1. The van der Waals surface area contributed by atoms with E-state index in [1.165, 1.54) is 0 Å². The van der Waals surface area contributed by atoms with E-state index in [1.54, 1.807) is 6.07 Å². The van der Waals surface area contributed by atoms with Gasteiger partial charge in [0.2, 0.25) is 0 Å². The van der Waals surface area contributed by atoms with Crippen molar-refractivity contribution < 1.29 is 4.39 Å². The van der Waals surface area contributed by atoms with E-state index in [0.717, 1.165) is 16.5 Å². The minimum absolute atomic E-state index is 0.0931. The molecule has 18 heavy (non-hydrogen) atoms. The highest BCUT2D eigenvalue weighted by atomic mass is 28.3. The summed E-state index contributed by atoms with van der Waals surface area (Å²) in [6.45, 7) is 11.0. The zero-order chi connectivity index (χ0) is 13.4. The number of hydrogen-bond acceptors (Lipinski definition) is 0. The molecule has 0 amide bonds. The first-order chi connectivity index (χ1) is 8.43. The van der Waals surface area contributed by atoms with Gasteiger partial charge in [-0.1, -0.05) is 33.8 Å². The predicted molar refractivity (Wildman–Crippen MR) is 78.0 cm³/mol. The van der Waals surface area contributed by atoms with Gasteiger partial charge in [0.1, 0.15) is 5.82 Å². The standard InChI is InChI=1S/C15H21FNSi/c1-10(2)18(11(3)4)17-9-8-13-12(5)6-7-14(16)15(13)17/h6-11H,1-5H3. The van der Waals surface area contributed by atoms with Gasteiger partial charge in [0, 0.05) is 5.39 Å². The molecule has 0 N–H and O–H groups in total. The first-order valence-corrected chi connectivity index (χ1v) is 8.17. The van der Waals surface area contributed by atoms with Crippen LogP contribution in [0.5, 0.6) is 0 Å². The van der Waals surface area contributed by atoms with Crippen molar-refractivity contribution in [3.63, 3.8) is 0 Å². The summed E-state index contributed by atoms with van der Waals surface area (Å²) >= 11 is 0. The molecule has 1 radical (unpaired) electrons. The molecule has 0 fully saturated rings. The number of nitrogens with zero attached hydrogens (tertiary/aromatic N) is 1. The van der Waals surface area contributed by atoms with Crippen molar-refractivity contribution in [2.24, 2.45) is 0 Å². The largest absolute Gasteiger partial charge is 0.371 e. The Morgan fingerprint density at radius 3 is 2.22 bits per heavy atom. The molecule has 0 aliphatic carbocycles. The third-order valence-electron chi connectivity index (χ3n) is 3.48. The molecule has 97 valence electrons. The van der Waals surface area contributed by atoms with E-state index in [9.17, 15) is 4.39 Å². The van der Waals surface area contributed by atoms with Crippen LogP contribution in [0.2, 0.25) is 11.1 Å². The summed E-state index contributed by atoms with van der Waals surface area (Å²) < 4.78 is 16.4. The van der Waals surface area contributed by atoms with Gasteiger partial charge < -0.3 is 4.23 Å². The number of halogens is 1. The summed E-state index contributed by atoms with van der Waals surface area (Å²) in [5.74, 6) is -0.0931. The summed E-state index contributed by atoms with van der Waals surface area (Å²) in [6.07, 6.45) is 2.08. The van der Waals surface area contributed by atoms with Gasteiger partial charge in [-0.25, -0.2) is 4.39 Å². The van der Waals surface area contributed by atoms with Crippen molar-refractivity contribution in [1.29, 1.82) is 0 Å². The monoisotopic (exact) mass is 262 g/mol. The summed E-state index contributed by atoms with van der Waals surface area (Å²) in [6, 6.07) is 5.51. The molecule has 3 heteroatoms. The van der Waals surface area contributed by atoms with E-state index in [2.05, 4.69) is 44.2 Å². The number of aryl methyl sites for hydroxylation is 1. The van der Waals surface area contributed by atoms with E-state index in [-0.39, 0.29) is 5.82 Å². The second-order valence-electron chi connectivity index (χ2n) is 5.55. The summed E-state index contributed by atoms with van der Waals surface area (Å²) in [4.78, 5) is 0. The number of hydrogen-bond donors (Lipinski definition) is 0. The van der Waals surface area contributed by atoms with Crippen molar-refractivity contribution in [3.8, 4) is 0 Å².